The molecule has 1 aromatic heterocycles. The van der Waals surface area contributed by atoms with E-state index < -0.39 is 0 Å². The molecule has 2 fully saturated rings. The highest BCUT2D eigenvalue weighted by molar-refractivity contribution is 5.74. The minimum Gasteiger partial charge on any atom is -0.325 e. The summed E-state index contributed by atoms with van der Waals surface area (Å²) in [7, 11) is 1.97. The summed E-state index contributed by atoms with van der Waals surface area (Å²) in [5.41, 5.74) is 0. The molecule has 1 aliphatic heterocycles. The van der Waals surface area contributed by atoms with Crippen LogP contribution in [0.15, 0.2) is 12.4 Å². The maximum absolute atomic E-state index is 12.7. The Labute approximate surface area is 126 Å². The third kappa shape index (κ3) is 3.36. The molecule has 1 atom stereocenters. The third-order valence-corrected chi connectivity index (χ3v) is 4.88. The van der Waals surface area contributed by atoms with E-state index in [0.29, 0.717) is 12.0 Å². The second-order valence-electron chi connectivity index (χ2n) is 6.41. The predicted octanol–water partition coefficient (Wildman–Crippen LogP) is 1.98. The highest BCUT2D eigenvalue weighted by atomic mass is 16.2. The minimum atomic E-state index is 0.213. The number of rotatable bonds is 3. The average molecular weight is 291 g/mol. The van der Waals surface area contributed by atoms with Crippen molar-refractivity contribution in [2.24, 2.45) is 5.92 Å². The standard InChI is InChI=1S/C15H25N5O/c1-18(14-6-2-3-7-14)15(21)19-9-4-5-13(11-19)12-20-10-8-16-17-20/h8,10,13-14H,2-7,9,11-12H2,1H3/t13-/m0/s1. The van der Waals surface area contributed by atoms with E-state index in [1.165, 1.54) is 25.7 Å². The lowest BCUT2D eigenvalue weighted by Gasteiger charge is -2.37. The smallest absolute Gasteiger partial charge is 0.319 e. The maximum Gasteiger partial charge on any atom is 0.319 e. The molecule has 6 heteroatoms. The van der Waals surface area contributed by atoms with Crippen LogP contribution in [0.2, 0.25) is 0 Å². The van der Waals surface area contributed by atoms with Gasteiger partial charge in [0.1, 0.15) is 0 Å². The molecule has 1 aromatic rings. The highest BCUT2D eigenvalue weighted by Gasteiger charge is 2.30. The quantitative estimate of drug-likeness (QED) is 0.855. The Morgan fingerprint density at radius 3 is 2.81 bits per heavy atom. The molecule has 0 radical (unpaired) electrons. The summed E-state index contributed by atoms with van der Waals surface area (Å²) in [6.07, 6.45) is 10.7. The highest BCUT2D eigenvalue weighted by Crippen LogP contribution is 2.25. The first-order valence-corrected chi connectivity index (χ1v) is 8.10. The minimum absolute atomic E-state index is 0.213. The lowest BCUT2D eigenvalue weighted by Crippen LogP contribution is -2.49. The zero-order valence-corrected chi connectivity index (χ0v) is 12.8. The van der Waals surface area contributed by atoms with Crippen molar-refractivity contribution in [3.8, 4) is 0 Å². The Hall–Kier alpha value is -1.59. The van der Waals surface area contributed by atoms with Crippen molar-refractivity contribution in [3.63, 3.8) is 0 Å². The molecule has 2 heterocycles. The number of nitrogens with zero attached hydrogens (tertiary/aromatic N) is 5. The molecule has 1 saturated carbocycles. The van der Waals surface area contributed by atoms with Gasteiger partial charge < -0.3 is 9.80 Å². The second kappa shape index (κ2) is 6.45. The largest absolute Gasteiger partial charge is 0.325 e. The summed E-state index contributed by atoms with van der Waals surface area (Å²) in [5, 5.41) is 7.88. The van der Waals surface area contributed by atoms with E-state index in [0.717, 1.165) is 32.5 Å². The van der Waals surface area contributed by atoms with E-state index in [9.17, 15) is 4.79 Å². The summed E-state index contributed by atoms with van der Waals surface area (Å²) < 4.78 is 1.87. The van der Waals surface area contributed by atoms with Gasteiger partial charge in [0.05, 0.1) is 6.20 Å². The van der Waals surface area contributed by atoms with Gasteiger partial charge in [-0.2, -0.15) is 0 Å². The van der Waals surface area contributed by atoms with Crippen LogP contribution < -0.4 is 0 Å². The Morgan fingerprint density at radius 1 is 1.29 bits per heavy atom. The molecular formula is C15H25N5O. The zero-order chi connectivity index (χ0) is 14.7. The number of hydrogen-bond acceptors (Lipinski definition) is 3. The Kier molecular flexibility index (Phi) is 4.41. The topological polar surface area (TPSA) is 54.3 Å². The lowest BCUT2D eigenvalue weighted by atomic mass is 9.98. The monoisotopic (exact) mass is 291 g/mol. The number of carbonyl (C=O) groups is 1. The van der Waals surface area contributed by atoms with Crippen LogP contribution in [0.25, 0.3) is 0 Å². The van der Waals surface area contributed by atoms with Crippen molar-refractivity contribution in [1.29, 1.82) is 0 Å². The summed E-state index contributed by atoms with van der Waals surface area (Å²) in [6, 6.07) is 0.665. The summed E-state index contributed by atoms with van der Waals surface area (Å²) in [5.74, 6) is 0.487. The number of urea groups is 1. The SMILES string of the molecule is CN(C(=O)N1CCC[C@H](Cn2ccnn2)C1)C1CCCC1. The number of aromatic nitrogens is 3. The molecule has 1 aliphatic carbocycles. The van der Waals surface area contributed by atoms with Crippen LogP contribution in [0.3, 0.4) is 0 Å². The van der Waals surface area contributed by atoms with Gasteiger partial charge in [0.15, 0.2) is 0 Å². The summed E-state index contributed by atoms with van der Waals surface area (Å²) in [6.45, 7) is 2.59. The number of piperidine rings is 1. The number of hydrogen-bond donors (Lipinski definition) is 0. The first kappa shape index (κ1) is 14.4. The van der Waals surface area contributed by atoms with Gasteiger partial charge in [0, 0.05) is 38.9 Å². The van der Waals surface area contributed by atoms with Crippen LogP contribution in [-0.2, 0) is 6.54 Å². The molecule has 21 heavy (non-hydrogen) atoms. The van der Waals surface area contributed by atoms with Crippen molar-refractivity contribution >= 4 is 6.03 Å². The molecule has 2 amide bonds. The predicted molar refractivity (Wildman–Crippen MR) is 79.7 cm³/mol. The first-order chi connectivity index (χ1) is 10.2. The van der Waals surface area contributed by atoms with Crippen molar-refractivity contribution in [3.05, 3.63) is 12.4 Å². The van der Waals surface area contributed by atoms with Crippen molar-refractivity contribution in [1.82, 2.24) is 24.8 Å². The van der Waals surface area contributed by atoms with Gasteiger partial charge in [0.25, 0.3) is 0 Å². The zero-order valence-electron chi connectivity index (χ0n) is 12.8. The average Bonchev–Trinajstić information content (AvgIpc) is 3.19. The van der Waals surface area contributed by atoms with Crippen LogP contribution in [0.4, 0.5) is 4.79 Å². The van der Waals surface area contributed by atoms with E-state index >= 15 is 0 Å². The molecule has 0 aromatic carbocycles. The molecule has 0 N–H and O–H groups in total. The van der Waals surface area contributed by atoms with Crippen LogP contribution in [0, 0.1) is 5.92 Å². The Morgan fingerprint density at radius 2 is 2.10 bits per heavy atom. The van der Waals surface area contributed by atoms with Crippen molar-refractivity contribution in [2.75, 3.05) is 20.1 Å². The molecule has 116 valence electrons. The molecule has 3 rings (SSSR count). The second-order valence-corrected chi connectivity index (χ2v) is 6.41. The normalized spacial score (nSPS) is 23.5. The maximum atomic E-state index is 12.7. The number of carbonyl (C=O) groups excluding carboxylic acids is 1. The fraction of sp³-hybridized carbons (Fsp3) is 0.800. The number of amides is 2. The van der Waals surface area contributed by atoms with E-state index in [2.05, 4.69) is 10.3 Å². The van der Waals surface area contributed by atoms with Crippen molar-refractivity contribution in [2.45, 2.75) is 51.1 Å². The van der Waals surface area contributed by atoms with E-state index in [1.54, 1.807) is 6.20 Å². The van der Waals surface area contributed by atoms with Gasteiger partial charge in [-0.25, -0.2) is 4.79 Å². The Balaban J connectivity index is 1.56. The Bertz CT molecular complexity index is 455. The molecule has 2 aliphatic rings. The molecule has 6 nitrogen and oxygen atoms in total. The van der Waals surface area contributed by atoms with Crippen LogP contribution in [-0.4, -0.2) is 57.0 Å². The van der Waals surface area contributed by atoms with Gasteiger partial charge in [-0.1, -0.05) is 18.1 Å². The van der Waals surface area contributed by atoms with Gasteiger partial charge in [-0.3, -0.25) is 4.68 Å². The van der Waals surface area contributed by atoms with Crippen LogP contribution in [0.5, 0.6) is 0 Å². The van der Waals surface area contributed by atoms with Gasteiger partial charge in [-0.05, 0) is 31.6 Å². The summed E-state index contributed by atoms with van der Waals surface area (Å²) >= 11 is 0. The van der Waals surface area contributed by atoms with Gasteiger partial charge in [0.2, 0.25) is 0 Å². The fourth-order valence-corrected chi connectivity index (χ4v) is 3.65. The third-order valence-electron chi connectivity index (χ3n) is 4.88. The van der Waals surface area contributed by atoms with Crippen LogP contribution >= 0.6 is 0 Å². The van der Waals surface area contributed by atoms with Gasteiger partial charge >= 0.3 is 6.03 Å². The van der Waals surface area contributed by atoms with Crippen molar-refractivity contribution < 1.29 is 4.79 Å². The molecule has 0 unspecified atom stereocenters. The molecule has 0 spiro atoms. The van der Waals surface area contributed by atoms with Crippen LogP contribution in [0.1, 0.15) is 38.5 Å². The number of likely N-dealkylation sites (tertiary alicyclic amines) is 1. The summed E-state index contributed by atoms with van der Waals surface area (Å²) in [4.78, 5) is 16.7. The molecule has 0 bridgehead atoms. The lowest BCUT2D eigenvalue weighted by molar-refractivity contribution is 0.119. The molecule has 1 saturated heterocycles. The first-order valence-electron chi connectivity index (χ1n) is 8.10. The van der Waals surface area contributed by atoms with E-state index in [1.807, 2.05) is 27.7 Å². The van der Waals surface area contributed by atoms with E-state index in [4.69, 9.17) is 0 Å². The molecular weight excluding hydrogens is 266 g/mol. The van der Waals surface area contributed by atoms with Gasteiger partial charge in [-0.15, -0.1) is 5.10 Å². The fourth-order valence-electron chi connectivity index (χ4n) is 3.65. The van der Waals surface area contributed by atoms with E-state index in [-0.39, 0.29) is 6.03 Å².